The maximum Gasteiger partial charge on any atom is 0.268 e. The zero-order valence-corrected chi connectivity index (χ0v) is 19.0. The molecule has 6 nitrogen and oxygen atoms in total. The van der Waals surface area contributed by atoms with E-state index in [1.54, 1.807) is 22.7 Å². The number of aryl methyl sites for hydroxylation is 4. The monoisotopic (exact) mass is 434 g/mol. The van der Waals surface area contributed by atoms with Gasteiger partial charge in [-0.05, 0) is 61.7 Å². The van der Waals surface area contributed by atoms with Crippen LogP contribution in [0.5, 0.6) is 0 Å². The van der Waals surface area contributed by atoms with E-state index in [0.29, 0.717) is 17.8 Å². The number of nitrogens with zero attached hydrogens (tertiary/aromatic N) is 4. The molecule has 0 aliphatic rings. The van der Waals surface area contributed by atoms with E-state index in [-0.39, 0.29) is 11.4 Å². The zero-order chi connectivity index (χ0) is 22.2. The molecule has 0 saturated carbocycles. The molecule has 0 unspecified atom stereocenters. The summed E-state index contributed by atoms with van der Waals surface area (Å²) >= 11 is 0. The first-order chi connectivity index (χ1) is 14.8. The molecular weight excluding hydrogens is 408 g/mol. The molecule has 4 rings (SSSR count). The fourth-order valence-electron chi connectivity index (χ4n) is 3.89. The lowest BCUT2D eigenvalue weighted by atomic mass is 10.1. The van der Waals surface area contributed by atoms with Crippen LogP contribution in [-0.4, -0.2) is 23.0 Å². The molecule has 0 radical (unpaired) electrons. The lowest BCUT2D eigenvalue weighted by Gasteiger charge is -2.26. The first-order valence-corrected chi connectivity index (χ1v) is 11.7. The molecule has 0 saturated heterocycles. The minimum absolute atomic E-state index is 0.147. The number of pyridine rings is 1. The van der Waals surface area contributed by atoms with Crippen LogP contribution in [0, 0.1) is 20.8 Å². The van der Waals surface area contributed by atoms with Gasteiger partial charge < -0.3 is 0 Å². The van der Waals surface area contributed by atoms with Gasteiger partial charge in [-0.25, -0.2) is 8.42 Å². The van der Waals surface area contributed by atoms with Crippen molar-refractivity contribution in [3.8, 4) is 0 Å². The number of hydrogen-bond donors (Lipinski definition) is 0. The molecular formula is C24H26N4O2S. The summed E-state index contributed by atoms with van der Waals surface area (Å²) in [5.74, 6) is 0.726. The largest absolute Gasteiger partial charge is 0.285 e. The summed E-state index contributed by atoms with van der Waals surface area (Å²) < 4.78 is 31.2. The highest BCUT2D eigenvalue weighted by atomic mass is 32.2. The number of fused-ring (bicyclic) bond motifs is 1. The molecule has 0 spiro atoms. The van der Waals surface area contributed by atoms with Gasteiger partial charge in [0, 0.05) is 12.6 Å². The van der Waals surface area contributed by atoms with Crippen molar-refractivity contribution in [3.63, 3.8) is 0 Å². The zero-order valence-electron chi connectivity index (χ0n) is 18.2. The van der Waals surface area contributed by atoms with Crippen LogP contribution in [0.3, 0.4) is 0 Å². The molecule has 31 heavy (non-hydrogen) atoms. The highest BCUT2D eigenvalue weighted by Gasteiger charge is 2.29. The lowest BCUT2D eigenvalue weighted by molar-refractivity contribution is 0.590. The van der Waals surface area contributed by atoms with Crippen molar-refractivity contribution in [1.29, 1.82) is 0 Å². The van der Waals surface area contributed by atoms with E-state index in [9.17, 15) is 8.42 Å². The van der Waals surface area contributed by atoms with Crippen molar-refractivity contribution in [2.75, 3.05) is 4.31 Å². The Labute approximate surface area is 183 Å². The average molecular weight is 435 g/mol. The highest BCUT2D eigenvalue weighted by Crippen LogP contribution is 2.29. The molecule has 2 aromatic carbocycles. The maximum absolute atomic E-state index is 14.0. The van der Waals surface area contributed by atoms with Crippen molar-refractivity contribution in [1.82, 2.24) is 14.6 Å². The van der Waals surface area contributed by atoms with Crippen molar-refractivity contribution in [2.45, 2.75) is 45.6 Å². The van der Waals surface area contributed by atoms with Gasteiger partial charge in [-0.1, -0.05) is 42.8 Å². The molecule has 0 aliphatic heterocycles. The molecule has 7 heteroatoms. The number of anilines is 1. The van der Waals surface area contributed by atoms with E-state index in [1.165, 1.54) is 4.31 Å². The predicted molar refractivity (Wildman–Crippen MR) is 123 cm³/mol. The minimum atomic E-state index is -3.91. The lowest BCUT2D eigenvalue weighted by Crippen LogP contribution is -2.31. The Balaban J connectivity index is 1.91. The summed E-state index contributed by atoms with van der Waals surface area (Å²) in [5.41, 5.74) is 5.00. The molecule has 0 atom stereocenters. The van der Waals surface area contributed by atoms with Gasteiger partial charge in [-0.3, -0.25) is 8.71 Å². The van der Waals surface area contributed by atoms with Gasteiger partial charge in [-0.15, -0.1) is 10.2 Å². The van der Waals surface area contributed by atoms with Crippen LogP contribution >= 0.6 is 0 Å². The highest BCUT2D eigenvalue weighted by molar-refractivity contribution is 7.93. The summed E-state index contributed by atoms with van der Waals surface area (Å²) in [6, 6.07) is 17.1. The predicted octanol–water partition coefficient (Wildman–Crippen LogP) is 4.61. The quantitative estimate of drug-likeness (QED) is 0.444. The first kappa shape index (κ1) is 21.1. The molecule has 0 fully saturated rings. The summed E-state index contributed by atoms with van der Waals surface area (Å²) in [7, 11) is -3.91. The molecule has 0 amide bonds. The Kier molecular flexibility index (Phi) is 5.54. The normalized spacial score (nSPS) is 11.7. The molecule has 160 valence electrons. The number of aromatic nitrogens is 3. The third-order valence-electron chi connectivity index (χ3n) is 5.26. The van der Waals surface area contributed by atoms with Gasteiger partial charge in [-0.2, -0.15) is 0 Å². The van der Waals surface area contributed by atoms with Crippen LogP contribution in [0.15, 0.2) is 65.7 Å². The first-order valence-electron chi connectivity index (χ1n) is 10.3. The minimum Gasteiger partial charge on any atom is -0.285 e. The van der Waals surface area contributed by atoms with Crippen LogP contribution in [0.25, 0.3) is 5.65 Å². The molecule has 0 aliphatic carbocycles. The summed E-state index contributed by atoms with van der Waals surface area (Å²) in [6.07, 6.45) is 2.46. The van der Waals surface area contributed by atoms with Crippen LogP contribution in [-0.2, 0) is 23.0 Å². The van der Waals surface area contributed by atoms with Crippen LogP contribution in [0.4, 0.5) is 5.69 Å². The summed E-state index contributed by atoms with van der Waals surface area (Å²) in [4.78, 5) is 0.147. The third kappa shape index (κ3) is 4.05. The molecule has 0 bridgehead atoms. The Bertz CT molecular complexity index is 1340. The average Bonchev–Trinajstić information content (AvgIpc) is 3.14. The van der Waals surface area contributed by atoms with Gasteiger partial charge >= 0.3 is 0 Å². The van der Waals surface area contributed by atoms with Gasteiger partial charge in [0.2, 0.25) is 0 Å². The molecule has 0 N–H and O–H groups in total. The van der Waals surface area contributed by atoms with Gasteiger partial charge in [0.1, 0.15) is 10.7 Å². The molecule has 4 aromatic rings. The van der Waals surface area contributed by atoms with E-state index in [2.05, 4.69) is 10.2 Å². The second-order valence-electron chi connectivity index (χ2n) is 7.88. The number of sulfonamides is 1. The van der Waals surface area contributed by atoms with E-state index < -0.39 is 10.0 Å². The fraction of sp³-hybridized carbons (Fsp3) is 0.250. The molecule has 2 aromatic heterocycles. The van der Waals surface area contributed by atoms with Crippen molar-refractivity contribution >= 4 is 21.4 Å². The Morgan fingerprint density at radius 3 is 2.32 bits per heavy atom. The van der Waals surface area contributed by atoms with E-state index in [1.807, 2.05) is 70.2 Å². The number of rotatable bonds is 6. The number of benzene rings is 2. The van der Waals surface area contributed by atoms with Crippen molar-refractivity contribution in [3.05, 3.63) is 88.9 Å². The second-order valence-corrected chi connectivity index (χ2v) is 9.71. The van der Waals surface area contributed by atoms with Crippen LogP contribution < -0.4 is 4.31 Å². The van der Waals surface area contributed by atoms with Gasteiger partial charge in [0.15, 0.2) is 5.65 Å². The summed E-state index contributed by atoms with van der Waals surface area (Å²) in [5, 5.41) is 8.37. The third-order valence-corrected chi connectivity index (χ3v) is 7.05. The standard InChI is InChI=1S/C24H26N4O2S/c1-5-23-25-26-24-22(10-7-11-27(23)24)31(29,30)28(16-20-9-6-8-17(2)13-20)21-14-18(3)12-19(4)15-21/h6-15H,5,16H2,1-4H3. The summed E-state index contributed by atoms with van der Waals surface area (Å²) in [6.45, 7) is 8.14. The van der Waals surface area contributed by atoms with E-state index in [4.69, 9.17) is 0 Å². The van der Waals surface area contributed by atoms with Crippen LogP contribution in [0.1, 0.15) is 35.0 Å². The van der Waals surface area contributed by atoms with Crippen LogP contribution in [0.2, 0.25) is 0 Å². The van der Waals surface area contributed by atoms with E-state index >= 15 is 0 Å². The van der Waals surface area contributed by atoms with Crippen molar-refractivity contribution in [2.24, 2.45) is 0 Å². The fourth-order valence-corrected chi connectivity index (χ4v) is 5.45. The maximum atomic E-state index is 14.0. The second kappa shape index (κ2) is 8.15. The Morgan fingerprint density at radius 2 is 1.65 bits per heavy atom. The van der Waals surface area contributed by atoms with E-state index in [0.717, 1.165) is 28.1 Å². The molecule has 2 heterocycles. The Hall–Kier alpha value is -3.19. The van der Waals surface area contributed by atoms with Crippen molar-refractivity contribution < 1.29 is 8.42 Å². The van der Waals surface area contributed by atoms with Gasteiger partial charge in [0.05, 0.1) is 12.2 Å². The Morgan fingerprint density at radius 1 is 0.903 bits per heavy atom. The smallest absolute Gasteiger partial charge is 0.268 e. The van der Waals surface area contributed by atoms with Gasteiger partial charge in [0.25, 0.3) is 10.0 Å². The topological polar surface area (TPSA) is 67.6 Å². The number of hydrogen-bond acceptors (Lipinski definition) is 4. The SMILES string of the molecule is CCc1nnc2c(S(=O)(=O)N(Cc3cccc(C)c3)c3cc(C)cc(C)c3)cccn12.